The Labute approximate surface area is 98.1 Å². The molecule has 4 nitrogen and oxygen atoms in total. The molecule has 0 heterocycles. The zero-order valence-electron chi connectivity index (χ0n) is 9.25. The van der Waals surface area contributed by atoms with Gasteiger partial charge in [0.15, 0.2) is 0 Å². The summed E-state index contributed by atoms with van der Waals surface area (Å²) in [6.07, 6.45) is 0. The average molecular weight is 226 g/mol. The van der Waals surface area contributed by atoms with E-state index in [1.807, 2.05) is 30.3 Å². The minimum Gasteiger partial charge on any atom is -0.417 e. The van der Waals surface area contributed by atoms with E-state index >= 15 is 0 Å². The average Bonchev–Trinajstić information content (AvgIpc) is 2.38. The third kappa shape index (κ3) is 2.22. The molecule has 0 amide bonds. The van der Waals surface area contributed by atoms with E-state index in [-0.39, 0.29) is 5.71 Å². The van der Waals surface area contributed by atoms with Crippen molar-refractivity contribution in [2.45, 2.75) is 6.92 Å². The first-order valence-electron chi connectivity index (χ1n) is 5.11. The summed E-state index contributed by atoms with van der Waals surface area (Å²) in [5.41, 5.74) is 8.40. The first kappa shape index (κ1) is 11.0. The Kier molecular flexibility index (Phi) is 2.99. The van der Waals surface area contributed by atoms with Crippen molar-refractivity contribution in [3.05, 3.63) is 48.0 Å². The van der Waals surface area contributed by atoms with Crippen LogP contribution < -0.4 is 4.74 Å². The summed E-state index contributed by atoms with van der Waals surface area (Å²) in [5, 5.41) is 1.82. The second-order valence-electron chi connectivity index (χ2n) is 3.55. The van der Waals surface area contributed by atoms with Crippen molar-refractivity contribution in [2.75, 3.05) is 0 Å². The highest BCUT2D eigenvalue weighted by molar-refractivity contribution is 6.33. The fourth-order valence-electron chi connectivity index (χ4n) is 1.50. The second kappa shape index (κ2) is 4.60. The zero-order chi connectivity index (χ0) is 12.3. The van der Waals surface area contributed by atoms with Gasteiger partial charge in [0.1, 0.15) is 5.75 Å². The number of rotatable bonds is 2. The normalized spacial score (nSPS) is 9.71. The van der Waals surface area contributed by atoms with Crippen LogP contribution in [0.1, 0.15) is 6.92 Å². The molecular formula is C13H10N2O2. The lowest BCUT2D eigenvalue weighted by Crippen LogP contribution is -2.18. The fourth-order valence-corrected chi connectivity index (χ4v) is 1.50. The van der Waals surface area contributed by atoms with Crippen molar-refractivity contribution < 1.29 is 14.3 Å². The van der Waals surface area contributed by atoms with E-state index < -0.39 is 5.97 Å². The van der Waals surface area contributed by atoms with E-state index in [4.69, 9.17) is 10.3 Å². The van der Waals surface area contributed by atoms with Gasteiger partial charge in [-0.2, -0.15) is 4.79 Å². The van der Waals surface area contributed by atoms with Crippen LogP contribution in [0, 0.1) is 0 Å². The van der Waals surface area contributed by atoms with Crippen LogP contribution in [0.5, 0.6) is 5.75 Å². The molecule has 84 valence electrons. The fraction of sp³-hybridized carbons (Fsp3) is 0.0769. The molecule has 0 fully saturated rings. The monoisotopic (exact) mass is 226 g/mol. The van der Waals surface area contributed by atoms with Gasteiger partial charge < -0.3 is 10.3 Å². The molecule has 0 aliphatic rings. The van der Waals surface area contributed by atoms with Crippen molar-refractivity contribution in [2.24, 2.45) is 0 Å². The van der Waals surface area contributed by atoms with Gasteiger partial charge in [0.25, 0.3) is 0 Å². The predicted octanol–water partition coefficient (Wildman–Crippen LogP) is 2.44. The van der Waals surface area contributed by atoms with Crippen LogP contribution in [0.3, 0.4) is 0 Å². The van der Waals surface area contributed by atoms with Crippen LogP contribution in [0.15, 0.2) is 42.5 Å². The van der Waals surface area contributed by atoms with E-state index in [1.165, 1.54) is 6.92 Å². The van der Waals surface area contributed by atoms with E-state index in [0.29, 0.717) is 5.75 Å². The maximum Gasteiger partial charge on any atom is 0.421 e. The molecule has 0 unspecified atom stereocenters. The molecule has 0 saturated carbocycles. The molecule has 0 aromatic heterocycles. The quantitative estimate of drug-likeness (QED) is 0.259. The molecule has 0 atom stereocenters. The first-order chi connectivity index (χ1) is 8.22. The van der Waals surface area contributed by atoms with Crippen molar-refractivity contribution in [1.29, 1.82) is 0 Å². The van der Waals surface area contributed by atoms with Gasteiger partial charge in [0.2, 0.25) is 0 Å². The summed E-state index contributed by atoms with van der Waals surface area (Å²) in [5.74, 6) is -0.208. The summed E-state index contributed by atoms with van der Waals surface area (Å²) in [6, 6.07) is 13.0. The first-order valence-corrected chi connectivity index (χ1v) is 5.11. The summed E-state index contributed by atoms with van der Waals surface area (Å²) < 4.78 is 5.15. The maximum absolute atomic E-state index is 11.5. The van der Waals surface area contributed by atoms with Crippen molar-refractivity contribution in [1.82, 2.24) is 0 Å². The molecule has 0 spiro atoms. The molecule has 2 aromatic carbocycles. The van der Waals surface area contributed by atoms with E-state index in [0.717, 1.165) is 10.8 Å². The van der Waals surface area contributed by atoms with E-state index in [1.54, 1.807) is 12.1 Å². The summed E-state index contributed by atoms with van der Waals surface area (Å²) in [7, 11) is 0. The van der Waals surface area contributed by atoms with E-state index in [9.17, 15) is 4.79 Å². The second-order valence-corrected chi connectivity index (χ2v) is 3.55. The highest BCUT2D eigenvalue weighted by atomic mass is 16.5. The van der Waals surface area contributed by atoms with Crippen molar-refractivity contribution >= 4 is 22.5 Å². The van der Waals surface area contributed by atoms with Gasteiger partial charge in [-0.15, -0.1) is 0 Å². The Balaban J connectivity index is 2.43. The van der Waals surface area contributed by atoms with Gasteiger partial charge in [-0.3, -0.25) is 0 Å². The molecule has 0 N–H and O–H groups in total. The Morgan fingerprint density at radius 3 is 2.65 bits per heavy atom. The highest BCUT2D eigenvalue weighted by Crippen LogP contribution is 2.25. The predicted molar refractivity (Wildman–Crippen MR) is 63.9 cm³/mol. The summed E-state index contributed by atoms with van der Waals surface area (Å²) >= 11 is 0. The number of hydrogen-bond acceptors (Lipinski definition) is 2. The molecule has 4 heteroatoms. The Morgan fingerprint density at radius 2 is 1.88 bits per heavy atom. The number of nitrogens with zero attached hydrogens (tertiary/aromatic N) is 2. The Bertz CT molecular complexity index is 623. The lowest BCUT2D eigenvalue weighted by molar-refractivity contribution is -0.131. The number of fused-ring (bicyclic) bond motifs is 1. The van der Waals surface area contributed by atoms with Crippen LogP contribution in [0.25, 0.3) is 16.3 Å². The van der Waals surface area contributed by atoms with Gasteiger partial charge in [0, 0.05) is 12.3 Å². The number of benzene rings is 2. The third-order valence-electron chi connectivity index (χ3n) is 2.40. The molecule has 17 heavy (non-hydrogen) atoms. The largest absolute Gasteiger partial charge is 0.421 e. The number of carbonyl (C=O) groups excluding carboxylic acids is 1. The number of ether oxygens (including phenoxy) is 1. The molecule has 0 aliphatic carbocycles. The third-order valence-corrected chi connectivity index (χ3v) is 2.40. The maximum atomic E-state index is 11.5. The molecule has 2 rings (SSSR count). The van der Waals surface area contributed by atoms with Crippen molar-refractivity contribution in [3.63, 3.8) is 0 Å². The van der Waals surface area contributed by atoms with Crippen LogP contribution >= 0.6 is 0 Å². The zero-order valence-corrected chi connectivity index (χ0v) is 9.25. The molecule has 0 radical (unpaired) electrons. The standard InChI is InChI=1S/C13H10N2O2/c1-9(15-14)13(16)17-12-8-4-6-10-5-2-3-7-11(10)12/h2-8H,1H3. The molecular weight excluding hydrogens is 216 g/mol. The number of hydrogen-bond donors (Lipinski definition) is 0. The SMILES string of the molecule is CC(=[N+]=[N-])C(=O)Oc1cccc2ccccc12. The lowest BCUT2D eigenvalue weighted by atomic mass is 10.1. The van der Waals surface area contributed by atoms with Gasteiger partial charge in [-0.05, 0) is 11.5 Å². The molecule has 2 aromatic rings. The lowest BCUT2D eigenvalue weighted by Gasteiger charge is -2.04. The molecule has 0 saturated heterocycles. The van der Waals surface area contributed by atoms with Crippen LogP contribution in [-0.2, 0) is 4.79 Å². The van der Waals surface area contributed by atoms with Gasteiger partial charge in [-0.1, -0.05) is 36.4 Å². The highest BCUT2D eigenvalue weighted by Gasteiger charge is 2.17. The summed E-state index contributed by atoms with van der Waals surface area (Å²) in [6.45, 7) is 1.38. The number of carbonyl (C=O) groups is 1. The smallest absolute Gasteiger partial charge is 0.417 e. The van der Waals surface area contributed by atoms with Gasteiger partial charge in [0.05, 0.1) is 0 Å². The number of esters is 1. The molecule has 0 aliphatic heterocycles. The summed E-state index contributed by atoms with van der Waals surface area (Å²) in [4.78, 5) is 14.3. The van der Waals surface area contributed by atoms with E-state index in [2.05, 4.69) is 4.79 Å². The van der Waals surface area contributed by atoms with Crippen LogP contribution in [0.2, 0.25) is 0 Å². The van der Waals surface area contributed by atoms with Crippen LogP contribution in [-0.4, -0.2) is 16.5 Å². The Morgan fingerprint density at radius 1 is 1.18 bits per heavy atom. The van der Waals surface area contributed by atoms with Crippen molar-refractivity contribution in [3.8, 4) is 5.75 Å². The van der Waals surface area contributed by atoms with Gasteiger partial charge >= 0.3 is 11.7 Å². The topological polar surface area (TPSA) is 62.7 Å². The Hall–Kier alpha value is -2.45. The minimum atomic E-state index is -0.663. The van der Waals surface area contributed by atoms with Gasteiger partial charge in [-0.25, -0.2) is 4.79 Å². The molecule has 0 bridgehead atoms. The van der Waals surface area contributed by atoms with Crippen LogP contribution in [0.4, 0.5) is 0 Å². The minimum absolute atomic E-state index is 0.0852.